The maximum atomic E-state index is 13.6. The fraction of sp³-hybridized carbons (Fsp3) is 0.194. The van der Waals surface area contributed by atoms with Crippen LogP contribution in [-0.4, -0.2) is 31.5 Å². The molecule has 0 aliphatic heterocycles. The normalized spacial score (nSPS) is 12.5. The van der Waals surface area contributed by atoms with Gasteiger partial charge in [-0.2, -0.15) is 4.72 Å². The molecular formula is C31H30ClN3O4S. The highest BCUT2D eigenvalue weighted by Crippen LogP contribution is 2.31. The Morgan fingerprint density at radius 3 is 2.35 bits per heavy atom. The Kier molecular flexibility index (Phi) is 8.12. The van der Waals surface area contributed by atoms with Gasteiger partial charge in [0.15, 0.2) is 0 Å². The van der Waals surface area contributed by atoms with Crippen molar-refractivity contribution in [1.82, 2.24) is 9.29 Å². The fourth-order valence-electron chi connectivity index (χ4n) is 4.92. The first kappa shape index (κ1) is 27.7. The molecule has 7 nitrogen and oxygen atoms in total. The highest BCUT2D eigenvalue weighted by molar-refractivity contribution is 7.89. The standard InChI is InChI=1S/C31H30ClN3O4S/c1-3-35-28-13-9-8-12-24(28)25-19-22(14-16-29(25)35)33-31(36)27(18-21-10-6-5-7-11-21)34-40(37,38)23-15-17-30(39-4-2)26(32)20-23/h5-17,19-20,27,34H,3-4,18H2,1-2H3,(H,33,36)/t27-/m1/s1. The Morgan fingerprint density at radius 1 is 0.900 bits per heavy atom. The van der Waals surface area contributed by atoms with E-state index in [0.717, 1.165) is 33.9 Å². The number of para-hydroxylation sites is 1. The highest BCUT2D eigenvalue weighted by atomic mass is 35.5. The van der Waals surface area contributed by atoms with Crippen molar-refractivity contribution in [2.45, 2.75) is 37.8 Å². The first-order valence-corrected chi connectivity index (χ1v) is 15.0. The van der Waals surface area contributed by atoms with Gasteiger partial charge in [-0.25, -0.2) is 8.42 Å². The van der Waals surface area contributed by atoms with Gasteiger partial charge in [-0.05, 0) is 68.3 Å². The van der Waals surface area contributed by atoms with Gasteiger partial charge < -0.3 is 14.6 Å². The molecule has 5 aromatic rings. The van der Waals surface area contributed by atoms with Crippen molar-refractivity contribution in [3.05, 3.63) is 102 Å². The summed E-state index contributed by atoms with van der Waals surface area (Å²) in [6.07, 6.45) is 0.161. The maximum Gasteiger partial charge on any atom is 0.242 e. The van der Waals surface area contributed by atoms with Gasteiger partial charge in [-0.3, -0.25) is 4.79 Å². The zero-order valence-electron chi connectivity index (χ0n) is 22.2. The van der Waals surface area contributed by atoms with E-state index in [2.05, 4.69) is 33.7 Å². The number of nitrogens with one attached hydrogen (secondary N) is 2. The molecule has 0 aliphatic carbocycles. The number of carbonyl (C=O) groups excluding carboxylic acids is 1. The molecule has 5 rings (SSSR count). The summed E-state index contributed by atoms with van der Waals surface area (Å²) in [4.78, 5) is 13.5. The molecular weight excluding hydrogens is 546 g/mol. The minimum absolute atomic E-state index is 0.0550. The minimum atomic E-state index is -4.09. The molecule has 206 valence electrons. The zero-order chi connectivity index (χ0) is 28.3. The summed E-state index contributed by atoms with van der Waals surface area (Å²) in [6, 6.07) is 26.3. The number of rotatable bonds is 10. The number of carbonyl (C=O) groups is 1. The smallest absolute Gasteiger partial charge is 0.242 e. The second kappa shape index (κ2) is 11.7. The molecule has 0 spiro atoms. The molecule has 40 heavy (non-hydrogen) atoms. The molecule has 0 bridgehead atoms. The van der Waals surface area contributed by atoms with Crippen molar-refractivity contribution in [1.29, 1.82) is 0 Å². The molecule has 1 atom stereocenters. The van der Waals surface area contributed by atoms with Crippen LogP contribution in [0, 0.1) is 0 Å². The summed E-state index contributed by atoms with van der Waals surface area (Å²) in [7, 11) is -4.09. The van der Waals surface area contributed by atoms with E-state index in [1.165, 1.54) is 18.2 Å². The van der Waals surface area contributed by atoms with E-state index in [0.29, 0.717) is 18.0 Å². The van der Waals surface area contributed by atoms with Crippen LogP contribution in [0.4, 0.5) is 5.69 Å². The molecule has 0 unspecified atom stereocenters. The Balaban J connectivity index is 1.45. The van der Waals surface area contributed by atoms with Crippen LogP contribution in [-0.2, 0) is 27.8 Å². The molecule has 9 heteroatoms. The van der Waals surface area contributed by atoms with Crippen molar-refractivity contribution < 1.29 is 17.9 Å². The zero-order valence-corrected chi connectivity index (χ0v) is 23.8. The van der Waals surface area contributed by atoms with Crippen molar-refractivity contribution in [3.63, 3.8) is 0 Å². The van der Waals surface area contributed by atoms with Crippen LogP contribution in [0.25, 0.3) is 21.8 Å². The summed E-state index contributed by atoms with van der Waals surface area (Å²) < 4.78 is 37.0. The Bertz CT molecular complexity index is 1790. The Labute approximate surface area is 238 Å². The number of anilines is 1. The monoisotopic (exact) mass is 575 g/mol. The second-order valence-corrected chi connectivity index (χ2v) is 11.5. The van der Waals surface area contributed by atoms with Crippen molar-refractivity contribution in [3.8, 4) is 5.75 Å². The average molecular weight is 576 g/mol. The Hall–Kier alpha value is -3.85. The quantitative estimate of drug-likeness (QED) is 0.202. The van der Waals surface area contributed by atoms with Gasteiger partial charge in [0, 0.05) is 34.0 Å². The number of fused-ring (bicyclic) bond motifs is 3. The summed E-state index contributed by atoms with van der Waals surface area (Å²) in [5.41, 5.74) is 3.58. The lowest BCUT2D eigenvalue weighted by atomic mass is 10.1. The molecule has 0 radical (unpaired) electrons. The summed E-state index contributed by atoms with van der Waals surface area (Å²) in [5.74, 6) is -0.0791. The third-order valence-electron chi connectivity index (χ3n) is 6.77. The van der Waals surface area contributed by atoms with Crippen molar-refractivity contribution in [2.24, 2.45) is 0 Å². The van der Waals surface area contributed by atoms with Gasteiger partial charge in [-0.15, -0.1) is 0 Å². The lowest BCUT2D eigenvalue weighted by molar-refractivity contribution is -0.117. The van der Waals surface area contributed by atoms with Crippen LogP contribution in [0.5, 0.6) is 5.75 Å². The first-order valence-electron chi connectivity index (χ1n) is 13.1. The average Bonchev–Trinajstić information content (AvgIpc) is 3.27. The van der Waals surface area contributed by atoms with E-state index in [9.17, 15) is 13.2 Å². The van der Waals surface area contributed by atoms with E-state index in [1.54, 1.807) is 0 Å². The Morgan fingerprint density at radius 2 is 1.62 bits per heavy atom. The van der Waals surface area contributed by atoms with E-state index in [-0.39, 0.29) is 16.3 Å². The summed E-state index contributed by atoms with van der Waals surface area (Å²) in [6.45, 7) is 5.12. The molecule has 0 saturated carbocycles. The molecule has 1 aromatic heterocycles. The number of hydrogen-bond acceptors (Lipinski definition) is 4. The van der Waals surface area contributed by atoms with Gasteiger partial charge in [-0.1, -0.05) is 60.1 Å². The minimum Gasteiger partial charge on any atom is -0.492 e. The second-order valence-electron chi connectivity index (χ2n) is 9.37. The van der Waals surface area contributed by atoms with Gasteiger partial charge >= 0.3 is 0 Å². The van der Waals surface area contributed by atoms with Gasteiger partial charge in [0.2, 0.25) is 15.9 Å². The number of halogens is 1. The van der Waals surface area contributed by atoms with Crippen LogP contribution in [0.2, 0.25) is 5.02 Å². The van der Waals surface area contributed by atoms with E-state index in [1.807, 2.05) is 67.6 Å². The molecule has 2 N–H and O–H groups in total. The van der Waals surface area contributed by atoms with E-state index < -0.39 is 22.0 Å². The maximum absolute atomic E-state index is 13.6. The molecule has 0 fully saturated rings. The SMILES string of the molecule is CCOc1ccc(S(=O)(=O)N[C@H](Cc2ccccc2)C(=O)Nc2ccc3c(c2)c2ccccc2n3CC)cc1Cl. The van der Waals surface area contributed by atoms with Crippen LogP contribution >= 0.6 is 11.6 Å². The number of nitrogens with zero attached hydrogens (tertiary/aromatic N) is 1. The summed E-state index contributed by atoms with van der Waals surface area (Å²) >= 11 is 6.25. The molecule has 4 aromatic carbocycles. The number of ether oxygens (including phenoxy) is 1. The predicted molar refractivity (Wildman–Crippen MR) is 161 cm³/mol. The van der Waals surface area contributed by atoms with Crippen LogP contribution in [0.15, 0.2) is 95.9 Å². The van der Waals surface area contributed by atoms with Crippen LogP contribution in [0.1, 0.15) is 19.4 Å². The molecule has 0 aliphatic rings. The number of sulfonamides is 1. The van der Waals surface area contributed by atoms with Crippen molar-refractivity contribution >= 4 is 55.0 Å². The number of aryl methyl sites for hydroxylation is 1. The largest absolute Gasteiger partial charge is 0.492 e. The first-order chi connectivity index (χ1) is 19.3. The summed E-state index contributed by atoms with van der Waals surface area (Å²) in [5, 5.41) is 5.21. The topological polar surface area (TPSA) is 89.4 Å². The third-order valence-corrected chi connectivity index (χ3v) is 8.53. The van der Waals surface area contributed by atoms with Gasteiger partial charge in [0.25, 0.3) is 0 Å². The van der Waals surface area contributed by atoms with Crippen LogP contribution < -0.4 is 14.8 Å². The number of benzene rings is 4. The van der Waals surface area contributed by atoms with Gasteiger partial charge in [0.05, 0.1) is 16.5 Å². The van der Waals surface area contributed by atoms with Gasteiger partial charge in [0.1, 0.15) is 11.8 Å². The van der Waals surface area contributed by atoms with Crippen molar-refractivity contribution in [2.75, 3.05) is 11.9 Å². The predicted octanol–water partition coefficient (Wildman–Crippen LogP) is 6.39. The van der Waals surface area contributed by atoms with E-state index in [4.69, 9.17) is 16.3 Å². The lowest BCUT2D eigenvalue weighted by Gasteiger charge is -2.19. The molecule has 0 saturated heterocycles. The number of amides is 1. The fourth-order valence-corrected chi connectivity index (χ4v) is 6.44. The van der Waals surface area contributed by atoms with Crippen LogP contribution in [0.3, 0.4) is 0 Å². The molecule has 1 heterocycles. The molecule has 1 amide bonds. The third kappa shape index (κ3) is 5.70. The number of hydrogen-bond donors (Lipinski definition) is 2. The lowest BCUT2D eigenvalue weighted by Crippen LogP contribution is -2.45. The number of aromatic nitrogens is 1. The highest BCUT2D eigenvalue weighted by Gasteiger charge is 2.27. The van der Waals surface area contributed by atoms with E-state index >= 15 is 0 Å².